The van der Waals surface area contributed by atoms with E-state index < -0.39 is 0 Å². The van der Waals surface area contributed by atoms with Crippen molar-refractivity contribution in [2.75, 3.05) is 13.7 Å². The van der Waals surface area contributed by atoms with E-state index in [-0.39, 0.29) is 22.9 Å². The van der Waals surface area contributed by atoms with Crippen LogP contribution in [0.3, 0.4) is 0 Å². The van der Waals surface area contributed by atoms with E-state index in [1.54, 1.807) is 0 Å². The zero-order valence-corrected chi connectivity index (χ0v) is 9.13. The third-order valence-electron chi connectivity index (χ3n) is 3.65. The summed E-state index contributed by atoms with van der Waals surface area (Å²) in [5, 5.41) is 0. The summed E-state index contributed by atoms with van der Waals surface area (Å²) in [6.45, 7) is 5.15. The van der Waals surface area contributed by atoms with Crippen molar-refractivity contribution >= 4 is 5.97 Å². The number of esters is 1. The average Bonchev–Trinajstić information content (AvgIpc) is 2.82. The fraction of sp³-hybridized carbons (Fsp3) is 0.909. The summed E-state index contributed by atoms with van der Waals surface area (Å²) in [6.07, 6.45) is 2.90. The van der Waals surface area contributed by atoms with Crippen molar-refractivity contribution in [3.63, 3.8) is 0 Å². The fourth-order valence-electron chi connectivity index (χ4n) is 2.77. The molecule has 1 heterocycles. The van der Waals surface area contributed by atoms with E-state index in [9.17, 15) is 4.79 Å². The molecule has 0 radical (unpaired) electrons. The van der Waals surface area contributed by atoms with Crippen LogP contribution in [-0.2, 0) is 14.3 Å². The monoisotopic (exact) mass is 198 g/mol. The lowest BCUT2D eigenvalue weighted by molar-refractivity contribution is -0.152. The lowest BCUT2D eigenvalue weighted by Gasteiger charge is -2.39. The molecule has 2 aliphatic rings. The van der Waals surface area contributed by atoms with Crippen LogP contribution in [0.25, 0.3) is 0 Å². The van der Waals surface area contributed by atoms with Gasteiger partial charge in [-0.2, -0.15) is 0 Å². The highest BCUT2D eigenvalue weighted by Crippen LogP contribution is 2.52. The average molecular weight is 198 g/mol. The highest BCUT2D eigenvalue weighted by molar-refractivity contribution is 5.73. The smallest absolute Gasteiger partial charge is 0.309 e. The quantitative estimate of drug-likeness (QED) is 0.476. The Bertz CT molecular complexity index is 253. The molecule has 0 aromatic carbocycles. The van der Waals surface area contributed by atoms with Gasteiger partial charge in [-0.25, -0.2) is 0 Å². The minimum Gasteiger partial charge on any atom is -0.469 e. The lowest BCUT2D eigenvalue weighted by atomic mass is 9.65. The Labute approximate surface area is 84.8 Å². The molecular formula is C11H18O3. The van der Waals surface area contributed by atoms with Gasteiger partial charge in [0.05, 0.1) is 25.2 Å². The first-order valence-electron chi connectivity index (χ1n) is 5.21. The Balaban J connectivity index is 2.09. The summed E-state index contributed by atoms with van der Waals surface area (Å²) in [6, 6.07) is 0. The molecule has 0 N–H and O–H groups in total. The van der Waals surface area contributed by atoms with Gasteiger partial charge in [-0.05, 0) is 24.7 Å². The largest absolute Gasteiger partial charge is 0.469 e. The van der Waals surface area contributed by atoms with Crippen molar-refractivity contribution in [3.8, 4) is 0 Å². The van der Waals surface area contributed by atoms with Crippen molar-refractivity contribution < 1.29 is 14.3 Å². The molecule has 14 heavy (non-hydrogen) atoms. The van der Waals surface area contributed by atoms with Crippen molar-refractivity contribution in [1.29, 1.82) is 0 Å². The molecule has 1 saturated carbocycles. The van der Waals surface area contributed by atoms with E-state index in [1.807, 2.05) is 0 Å². The fourth-order valence-corrected chi connectivity index (χ4v) is 2.77. The van der Waals surface area contributed by atoms with Crippen molar-refractivity contribution in [2.24, 2.45) is 11.3 Å². The van der Waals surface area contributed by atoms with Gasteiger partial charge in [0.2, 0.25) is 0 Å². The maximum absolute atomic E-state index is 11.6. The second-order valence-electron chi connectivity index (χ2n) is 5.25. The van der Waals surface area contributed by atoms with Crippen LogP contribution in [0.2, 0.25) is 0 Å². The zero-order valence-electron chi connectivity index (χ0n) is 9.13. The molecule has 1 aliphatic carbocycles. The predicted octanol–water partition coefficient (Wildman–Crippen LogP) is 1.75. The van der Waals surface area contributed by atoms with Crippen LogP contribution in [-0.4, -0.2) is 25.3 Å². The number of carbonyl (C=O) groups excluding carboxylic acids is 1. The molecule has 2 fully saturated rings. The summed E-state index contributed by atoms with van der Waals surface area (Å²) in [5.41, 5.74) is 0.135. The minimum absolute atomic E-state index is 0.0157. The van der Waals surface area contributed by atoms with E-state index in [0.29, 0.717) is 0 Å². The van der Waals surface area contributed by atoms with Crippen LogP contribution >= 0.6 is 0 Å². The summed E-state index contributed by atoms with van der Waals surface area (Å²) < 4.78 is 10.3. The third kappa shape index (κ3) is 1.54. The standard InChI is InChI=1S/C11H18O3/c1-10(2)6-11(7-14-11)5-4-8(10)9(12)13-3/h8H,4-7H2,1-3H3. The molecule has 3 nitrogen and oxygen atoms in total. The first-order valence-corrected chi connectivity index (χ1v) is 5.21. The van der Waals surface area contributed by atoms with Crippen LogP contribution in [0, 0.1) is 11.3 Å². The van der Waals surface area contributed by atoms with E-state index >= 15 is 0 Å². The van der Waals surface area contributed by atoms with E-state index in [0.717, 1.165) is 25.9 Å². The summed E-state index contributed by atoms with van der Waals surface area (Å²) in [7, 11) is 1.47. The van der Waals surface area contributed by atoms with E-state index in [1.165, 1.54) is 7.11 Å². The van der Waals surface area contributed by atoms with Gasteiger partial charge in [0.15, 0.2) is 0 Å². The Morgan fingerprint density at radius 2 is 2.14 bits per heavy atom. The Morgan fingerprint density at radius 3 is 2.57 bits per heavy atom. The van der Waals surface area contributed by atoms with Gasteiger partial charge >= 0.3 is 5.97 Å². The van der Waals surface area contributed by atoms with Gasteiger partial charge < -0.3 is 9.47 Å². The van der Waals surface area contributed by atoms with Gasteiger partial charge in [-0.1, -0.05) is 13.8 Å². The van der Waals surface area contributed by atoms with Crippen molar-refractivity contribution in [2.45, 2.75) is 38.7 Å². The molecule has 2 rings (SSSR count). The van der Waals surface area contributed by atoms with E-state index in [2.05, 4.69) is 13.8 Å². The Hall–Kier alpha value is -0.570. The van der Waals surface area contributed by atoms with Crippen LogP contribution in [0.4, 0.5) is 0 Å². The van der Waals surface area contributed by atoms with Crippen LogP contribution in [0.1, 0.15) is 33.1 Å². The van der Waals surface area contributed by atoms with Gasteiger partial charge in [0, 0.05) is 0 Å². The van der Waals surface area contributed by atoms with Crippen molar-refractivity contribution in [1.82, 2.24) is 0 Å². The molecule has 80 valence electrons. The molecule has 0 bridgehead atoms. The molecule has 2 atom stereocenters. The van der Waals surface area contributed by atoms with E-state index in [4.69, 9.17) is 9.47 Å². The summed E-state index contributed by atoms with van der Waals surface area (Å²) >= 11 is 0. The van der Waals surface area contributed by atoms with Gasteiger partial charge in [-0.15, -0.1) is 0 Å². The maximum Gasteiger partial charge on any atom is 0.309 e. The topological polar surface area (TPSA) is 38.8 Å². The molecule has 1 spiro atoms. The number of ether oxygens (including phenoxy) is 2. The van der Waals surface area contributed by atoms with Crippen LogP contribution in [0.5, 0.6) is 0 Å². The number of hydrogen-bond donors (Lipinski definition) is 0. The van der Waals surface area contributed by atoms with Gasteiger partial charge in [-0.3, -0.25) is 4.79 Å². The third-order valence-corrected chi connectivity index (χ3v) is 3.65. The van der Waals surface area contributed by atoms with Crippen molar-refractivity contribution in [3.05, 3.63) is 0 Å². The molecular weight excluding hydrogens is 180 g/mol. The normalized spacial score (nSPS) is 39.5. The SMILES string of the molecule is COC(=O)C1CCC2(CO2)CC1(C)C. The first-order chi connectivity index (χ1) is 6.49. The number of carbonyl (C=O) groups is 1. The molecule has 3 heteroatoms. The summed E-state index contributed by atoms with van der Waals surface area (Å²) in [4.78, 5) is 11.6. The van der Waals surface area contributed by atoms with Crippen LogP contribution < -0.4 is 0 Å². The molecule has 0 aromatic heterocycles. The Morgan fingerprint density at radius 1 is 1.50 bits per heavy atom. The molecule has 0 aromatic rings. The predicted molar refractivity (Wildman–Crippen MR) is 51.8 cm³/mol. The molecule has 0 amide bonds. The zero-order chi connectivity index (χ0) is 10.4. The molecule has 1 aliphatic heterocycles. The first kappa shape index (κ1) is 9.97. The maximum atomic E-state index is 11.6. The number of methoxy groups -OCH3 is 1. The second-order valence-corrected chi connectivity index (χ2v) is 5.25. The van der Waals surface area contributed by atoms with Crippen LogP contribution in [0.15, 0.2) is 0 Å². The summed E-state index contributed by atoms with van der Waals surface area (Å²) in [5.74, 6) is -0.0205. The second kappa shape index (κ2) is 2.96. The molecule has 1 saturated heterocycles. The number of hydrogen-bond acceptors (Lipinski definition) is 3. The number of epoxide rings is 1. The Kier molecular flexibility index (Phi) is 2.11. The molecule has 2 unspecified atom stereocenters. The highest BCUT2D eigenvalue weighted by atomic mass is 16.6. The van der Waals surface area contributed by atoms with Gasteiger partial charge in [0.1, 0.15) is 0 Å². The van der Waals surface area contributed by atoms with Gasteiger partial charge in [0.25, 0.3) is 0 Å². The number of rotatable bonds is 1. The highest BCUT2D eigenvalue weighted by Gasteiger charge is 2.55. The minimum atomic E-state index is -0.0644. The lowest BCUT2D eigenvalue weighted by Crippen LogP contribution is -2.41.